The molecule has 0 bridgehead atoms. The van der Waals surface area contributed by atoms with E-state index in [0.717, 1.165) is 24.3 Å². The molecule has 3 aliphatic carbocycles. The first kappa shape index (κ1) is 20.4. The minimum atomic E-state index is 0.882. The summed E-state index contributed by atoms with van der Waals surface area (Å²) in [6, 6.07) is 0. The van der Waals surface area contributed by atoms with E-state index >= 15 is 0 Å². The van der Waals surface area contributed by atoms with Gasteiger partial charge < -0.3 is 10.6 Å². The number of hydrogen-bond acceptors (Lipinski definition) is 2. The molecule has 150 valence electrons. The van der Waals surface area contributed by atoms with Crippen molar-refractivity contribution < 1.29 is 0 Å². The van der Waals surface area contributed by atoms with Crippen molar-refractivity contribution in [1.82, 2.24) is 10.6 Å². The van der Waals surface area contributed by atoms with Crippen LogP contribution in [0.2, 0.25) is 0 Å². The van der Waals surface area contributed by atoms with E-state index in [1.807, 2.05) is 0 Å². The Labute approximate surface area is 163 Å². The number of rotatable bonds is 10. The largest absolute Gasteiger partial charge is 0.316 e. The molecule has 0 saturated heterocycles. The van der Waals surface area contributed by atoms with Crippen molar-refractivity contribution in [3.63, 3.8) is 0 Å². The van der Waals surface area contributed by atoms with Gasteiger partial charge in [-0.2, -0.15) is 0 Å². The van der Waals surface area contributed by atoms with E-state index in [1.165, 1.54) is 116 Å². The highest BCUT2D eigenvalue weighted by molar-refractivity contribution is 5.08. The normalized spacial score (nSPS) is 26.0. The SMILES string of the molecule is C1=C(CNCCC2CCCCC2)CCC(CNCCC2CCCCC2)C1. The molecule has 2 saturated carbocycles. The van der Waals surface area contributed by atoms with E-state index in [4.69, 9.17) is 0 Å². The molecule has 0 aromatic rings. The summed E-state index contributed by atoms with van der Waals surface area (Å²) in [4.78, 5) is 0. The first-order chi connectivity index (χ1) is 12.9. The summed E-state index contributed by atoms with van der Waals surface area (Å²) >= 11 is 0. The van der Waals surface area contributed by atoms with Gasteiger partial charge in [0, 0.05) is 6.54 Å². The summed E-state index contributed by atoms with van der Waals surface area (Å²) in [5.41, 5.74) is 1.67. The molecule has 1 atom stereocenters. The molecule has 0 radical (unpaired) electrons. The Balaban J connectivity index is 1.18. The Morgan fingerprint density at radius 2 is 1.31 bits per heavy atom. The third-order valence-electron chi connectivity index (χ3n) is 7.31. The first-order valence-corrected chi connectivity index (χ1v) is 12.0. The predicted molar refractivity (Wildman–Crippen MR) is 114 cm³/mol. The molecule has 0 aromatic heterocycles. The zero-order chi connectivity index (χ0) is 17.9. The average molecular weight is 361 g/mol. The van der Waals surface area contributed by atoms with Gasteiger partial charge in [-0.15, -0.1) is 0 Å². The molecule has 2 fully saturated rings. The van der Waals surface area contributed by atoms with Gasteiger partial charge in [-0.3, -0.25) is 0 Å². The topological polar surface area (TPSA) is 24.1 Å². The monoisotopic (exact) mass is 360 g/mol. The standard InChI is InChI=1S/C24H44N2/c1-3-7-21(8-4-1)15-17-25-19-23-11-13-24(14-12-23)20-26-18-16-22-9-5-2-6-10-22/h11,21-22,24-26H,1-10,12-20H2. The van der Waals surface area contributed by atoms with Gasteiger partial charge in [0.05, 0.1) is 0 Å². The molecule has 0 aromatic carbocycles. The lowest BCUT2D eigenvalue weighted by atomic mass is 9.86. The van der Waals surface area contributed by atoms with Crippen LogP contribution in [0.5, 0.6) is 0 Å². The highest BCUT2D eigenvalue weighted by Crippen LogP contribution is 2.27. The third kappa shape index (κ3) is 7.72. The maximum Gasteiger partial charge on any atom is 0.0164 e. The molecular weight excluding hydrogens is 316 g/mol. The van der Waals surface area contributed by atoms with Crippen LogP contribution < -0.4 is 10.6 Å². The minimum absolute atomic E-state index is 0.882. The van der Waals surface area contributed by atoms with Gasteiger partial charge >= 0.3 is 0 Å². The van der Waals surface area contributed by atoms with E-state index in [0.29, 0.717) is 0 Å². The van der Waals surface area contributed by atoms with Crippen molar-refractivity contribution >= 4 is 0 Å². The Hall–Kier alpha value is -0.340. The minimum Gasteiger partial charge on any atom is -0.316 e. The van der Waals surface area contributed by atoms with Gasteiger partial charge in [0.15, 0.2) is 0 Å². The van der Waals surface area contributed by atoms with Gasteiger partial charge in [0.1, 0.15) is 0 Å². The average Bonchev–Trinajstić information content (AvgIpc) is 2.71. The summed E-state index contributed by atoms with van der Waals surface area (Å²) in [7, 11) is 0. The van der Waals surface area contributed by atoms with Crippen LogP contribution in [0.3, 0.4) is 0 Å². The highest BCUT2D eigenvalue weighted by atomic mass is 14.9. The first-order valence-electron chi connectivity index (χ1n) is 12.0. The second-order valence-electron chi connectivity index (χ2n) is 9.47. The molecule has 0 aliphatic heterocycles. The summed E-state index contributed by atoms with van der Waals surface area (Å²) in [6.07, 6.45) is 24.2. The molecule has 2 N–H and O–H groups in total. The molecule has 1 unspecified atom stereocenters. The molecule has 2 nitrogen and oxygen atoms in total. The van der Waals surface area contributed by atoms with E-state index in [2.05, 4.69) is 16.7 Å². The molecule has 0 spiro atoms. The van der Waals surface area contributed by atoms with E-state index in [1.54, 1.807) is 5.57 Å². The zero-order valence-corrected chi connectivity index (χ0v) is 17.2. The number of nitrogens with one attached hydrogen (secondary N) is 2. The van der Waals surface area contributed by atoms with Crippen molar-refractivity contribution in [1.29, 1.82) is 0 Å². The van der Waals surface area contributed by atoms with Crippen LogP contribution >= 0.6 is 0 Å². The molecular formula is C24H44N2. The second-order valence-corrected chi connectivity index (χ2v) is 9.47. The molecule has 0 amide bonds. The maximum atomic E-state index is 3.76. The summed E-state index contributed by atoms with van der Waals surface area (Å²) < 4.78 is 0. The quantitative estimate of drug-likeness (QED) is 0.378. The zero-order valence-electron chi connectivity index (χ0n) is 17.2. The highest BCUT2D eigenvalue weighted by Gasteiger charge is 2.16. The Morgan fingerprint density at radius 3 is 1.88 bits per heavy atom. The van der Waals surface area contributed by atoms with Crippen LogP contribution in [0, 0.1) is 17.8 Å². The maximum absolute atomic E-state index is 3.76. The molecule has 2 heteroatoms. The van der Waals surface area contributed by atoms with E-state index in [-0.39, 0.29) is 0 Å². The summed E-state index contributed by atoms with van der Waals surface area (Å²) in [5, 5.41) is 7.48. The fourth-order valence-corrected chi connectivity index (χ4v) is 5.41. The van der Waals surface area contributed by atoms with Crippen LogP contribution in [0.25, 0.3) is 0 Å². The fraction of sp³-hybridized carbons (Fsp3) is 0.917. The van der Waals surface area contributed by atoms with E-state index in [9.17, 15) is 0 Å². The molecule has 0 heterocycles. The van der Waals surface area contributed by atoms with Crippen LogP contribution in [0.4, 0.5) is 0 Å². The van der Waals surface area contributed by atoms with Gasteiger partial charge in [-0.05, 0) is 69.5 Å². The van der Waals surface area contributed by atoms with Crippen molar-refractivity contribution in [2.45, 2.75) is 96.3 Å². The Kier molecular flexibility index (Phi) is 9.56. The van der Waals surface area contributed by atoms with E-state index < -0.39 is 0 Å². The fourth-order valence-electron chi connectivity index (χ4n) is 5.41. The van der Waals surface area contributed by atoms with Crippen molar-refractivity contribution in [3.05, 3.63) is 11.6 Å². The van der Waals surface area contributed by atoms with Crippen molar-refractivity contribution in [2.75, 3.05) is 26.2 Å². The van der Waals surface area contributed by atoms with Crippen LogP contribution in [0.15, 0.2) is 11.6 Å². The summed E-state index contributed by atoms with van der Waals surface area (Å²) in [5.74, 6) is 2.92. The predicted octanol–water partition coefficient (Wildman–Crippen LogP) is 5.83. The number of hydrogen-bond donors (Lipinski definition) is 2. The molecule has 3 aliphatic rings. The van der Waals surface area contributed by atoms with Gasteiger partial charge in [0.25, 0.3) is 0 Å². The van der Waals surface area contributed by atoms with Crippen LogP contribution in [-0.2, 0) is 0 Å². The molecule has 3 rings (SSSR count). The van der Waals surface area contributed by atoms with Crippen molar-refractivity contribution in [3.8, 4) is 0 Å². The lowest BCUT2D eigenvalue weighted by Gasteiger charge is -2.25. The number of allylic oxidation sites excluding steroid dienone is 1. The lowest BCUT2D eigenvalue weighted by molar-refractivity contribution is 0.327. The third-order valence-corrected chi connectivity index (χ3v) is 7.31. The molecule has 26 heavy (non-hydrogen) atoms. The van der Waals surface area contributed by atoms with Crippen LogP contribution in [-0.4, -0.2) is 26.2 Å². The van der Waals surface area contributed by atoms with Crippen LogP contribution in [0.1, 0.15) is 96.3 Å². The van der Waals surface area contributed by atoms with Crippen molar-refractivity contribution in [2.24, 2.45) is 17.8 Å². The Bertz CT molecular complexity index is 391. The van der Waals surface area contributed by atoms with Gasteiger partial charge in [-0.25, -0.2) is 0 Å². The van der Waals surface area contributed by atoms with Gasteiger partial charge in [-0.1, -0.05) is 75.9 Å². The smallest absolute Gasteiger partial charge is 0.0164 e. The Morgan fingerprint density at radius 1 is 0.692 bits per heavy atom. The second kappa shape index (κ2) is 12.2. The van der Waals surface area contributed by atoms with Gasteiger partial charge in [0.2, 0.25) is 0 Å². The summed E-state index contributed by atoms with van der Waals surface area (Å²) in [6.45, 7) is 4.87. The lowest BCUT2D eigenvalue weighted by Crippen LogP contribution is -2.28.